The van der Waals surface area contributed by atoms with Crippen LogP contribution < -0.4 is 26.6 Å². The van der Waals surface area contributed by atoms with Gasteiger partial charge in [-0.1, -0.05) is 11.6 Å². The number of halogens is 1. The van der Waals surface area contributed by atoms with E-state index in [1.807, 2.05) is 4.72 Å². The number of nitrogens with zero attached hydrogens (tertiary/aromatic N) is 3. The van der Waals surface area contributed by atoms with Gasteiger partial charge in [0.2, 0.25) is 0 Å². The molecule has 4 aromatic rings. The first-order valence-electron chi connectivity index (χ1n) is 12.0. The molecule has 15 heteroatoms. The first kappa shape index (κ1) is 26.9. The van der Waals surface area contributed by atoms with Gasteiger partial charge in [0.15, 0.2) is 0 Å². The van der Waals surface area contributed by atoms with E-state index in [1.54, 1.807) is 18.2 Å². The molecule has 5 rings (SSSR count). The van der Waals surface area contributed by atoms with Crippen molar-refractivity contribution in [2.24, 2.45) is 0 Å². The highest BCUT2D eigenvalue weighted by atomic mass is 35.5. The highest BCUT2D eigenvalue weighted by Gasteiger charge is 2.20. The maximum atomic E-state index is 13.1. The molecule has 0 radical (unpaired) electrons. The predicted molar refractivity (Wildman–Crippen MR) is 151 cm³/mol. The Kier molecular flexibility index (Phi) is 7.70. The van der Waals surface area contributed by atoms with Crippen LogP contribution in [0.4, 0.5) is 16.2 Å². The van der Waals surface area contributed by atoms with E-state index in [-0.39, 0.29) is 20.1 Å². The lowest BCUT2D eigenvalue weighted by atomic mass is 10.2. The number of aromatic nitrogens is 3. The van der Waals surface area contributed by atoms with Crippen LogP contribution in [0.5, 0.6) is 0 Å². The molecule has 12 nitrogen and oxygen atoms in total. The Bertz CT molecular complexity index is 1740. The number of carbonyl (C=O) groups excluding carboxylic acids is 1. The molecule has 0 spiro atoms. The minimum atomic E-state index is -4.10. The summed E-state index contributed by atoms with van der Waals surface area (Å²) >= 11 is 6.57. The van der Waals surface area contributed by atoms with Gasteiger partial charge in [-0.3, -0.25) is 4.79 Å². The van der Waals surface area contributed by atoms with Crippen LogP contribution in [0.3, 0.4) is 0 Å². The number of H-pyrrole nitrogens is 1. The number of nitrogens with one attached hydrogen (secondary N) is 4. The van der Waals surface area contributed by atoms with Crippen molar-refractivity contribution in [2.75, 3.05) is 36.8 Å². The topological polar surface area (TPSA) is 158 Å². The van der Waals surface area contributed by atoms with Crippen LogP contribution in [0.1, 0.15) is 12.8 Å². The molecule has 4 N–H and O–H groups in total. The lowest BCUT2D eigenvalue weighted by Crippen LogP contribution is -2.35. The van der Waals surface area contributed by atoms with E-state index in [2.05, 4.69) is 25.5 Å². The third-order valence-corrected chi connectivity index (χ3v) is 9.18. The molecule has 2 amide bonds. The van der Waals surface area contributed by atoms with Crippen LogP contribution in [-0.2, 0) is 10.0 Å². The second-order valence-electron chi connectivity index (χ2n) is 8.83. The number of carbonyl (C=O) groups is 1. The quantitative estimate of drug-likeness (QED) is 0.244. The van der Waals surface area contributed by atoms with Crippen LogP contribution in [0.25, 0.3) is 16.7 Å². The molecule has 1 aromatic carbocycles. The highest BCUT2D eigenvalue weighted by Crippen LogP contribution is 2.25. The van der Waals surface area contributed by atoms with Crippen molar-refractivity contribution in [3.8, 4) is 5.82 Å². The Labute approximate surface area is 231 Å². The van der Waals surface area contributed by atoms with Crippen LogP contribution in [0, 0.1) is 0 Å². The average Bonchev–Trinajstić information content (AvgIpc) is 3.57. The Morgan fingerprint density at radius 2 is 1.85 bits per heavy atom. The molecule has 1 saturated heterocycles. The molecule has 0 aliphatic carbocycles. The molecule has 1 fully saturated rings. The molecule has 0 atom stereocenters. The van der Waals surface area contributed by atoms with Crippen molar-refractivity contribution in [3.63, 3.8) is 0 Å². The predicted octanol–water partition coefficient (Wildman–Crippen LogP) is 2.81. The number of fused-ring (bicyclic) bond motifs is 1. The number of hydrogen-bond acceptors (Lipinski definition) is 9. The lowest BCUT2D eigenvalue weighted by molar-refractivity contribution is 0.256. The van der Waals surface area contributed by atoms with Crippen molar-refractivity contribution >= 4 is 61.3 Å². The molecular weight excluding hydrogens is 566 g/mol. The van der Waals surface area contributed by atoms with Gasteiger partial charge in [-0.2, -0.15) is 0 Å². The molecule has 3 aromatic heterocycles. The molecular formula is C24H24ClN7O5S2. The first-order chi connectivity index (χ1) is 18.7. The lowest BCUT2D eigenvalue weighted by Gasteiger charge is -2.15. The third-order valence-electron chi connectivity index (χ3n) is 6.13. The Hall–Kier alpha value is -3.72. The molecule has 1 aliphatic rings. The molecule has 39 heavy (non-hydrogen) atoms. The number of rotatable bonds is 8. The summed E-state index contributed by atoms with van der Waals surface area (Å²) in [6.07, 6.45) is 3.65. The zero-order valence-corrected chi connectivity index (χ0v) is 22.8. The fraction of sp³-hybridized carbons (Fsp3) is 0.250. The zero-order valence-electron chi connectivity index (χ0n) is 20.4. The number of sulfonamides is 1. The van der Waals surface area contributed by atoms with E-state index in [0.29, 0.717) is 10.9 Å². The fourth-order valence-corrected chi connectivity index (χ4v) is 6.65. The second-order valence-corrected chi connectivity index (χ2v) is 12.5. The molecule has 4 heterocycles. The fourth-order valence-electron chi connectivity index (χ4n) is 4.26. The maximum absolute atomic E-state index is 13.1. The Morgan fingerprint density at radius 3 is 2.54 bits per heavy atom. The van der Waals surface area contributed by atoms with E-state index < -0.39 is 27.3 Å². The third kappa shape index (κ3) is 6.14. The van der Waals surface area contributed by atoms with E-state index >= 15 is 0 Å². The van der Waals surface area contributed by atoms with Crippen LogP contribution in [0.2, 0.25) is 4.34 Å². The van der Waals surface area contributed by atoms with E-state index in [0.717, 1.165) is 47.8 Å². The first-order valence-corrected chi connectivity index (χ1v) is 14.7. The summed E-state index contributed by atoms with van der Waals surface area (Å²) in [5.41, 5.74) is 0.115. The highest BCUT2D eigenvalue weighted by molar-refractivity contribution is 7.92. The number of thiophene rings is 1. The summed E-state index contributed by atoms with van der Waals surface area (Å²) in [5, 5.41) is 5.98. The van der Waals surface area contributed by atoms with Crippen molar-refractivity contribution in [3.05, 3.63) is 73.8 Å². The van der Waals surface area contributed by atoms with Gasteiger partial charge in [0.25, 0.3) is 15.6 Å². The molecule has 204 valence electrons. The van der Waals surface area contributed by atoms with Crippen molar-refractivity contribution in [1.29, 1.82) is 0 Å². The number of anilines is 2. The summed E-state index contributed by atoms with van der Waals surface area (Å²) in [7, 11) is -4.10. The number of urea groups is 1. The maximum Gasteiger partial charge on any atom is 0.334 e. The van der Waals surface area contributed by atoms with E-state index in [4.69, 9.17) is 11.6 Å². The SMILES string of the molecule is O=C(Nc1ccc(-n2c(=O)[nH]c3cc(NCCN4CCCC4)ccc3c2=O)nc1)NS(=O)(=O)c1ccc(Cl)s1. The summed E-state index contributed by atoms with van der Waals surface area (Å²) in [4.78, 5) is 47.3. The summed E-state index contributed by atoms with van der Waals surface area (Å²) in [6, 6.07) is 9.58. The van der Waals surface area contributed by atoms with Gasteiger partial charge in [-0.25, -0.2) is 32.3 Å². The summed E-state index contributed by atoms with van der Waals surface area (Å²) < 4.78 is 27.5. The normalized spacial score (nSPS) is 14.0. The smallest absolute Gasteiger partial charge is 0.334 e. The largest absolute Gasteiger partial charge is 0.384 e. The van der Waals surface area contributed by atoms with Crippen molar-refractivity contribution in [1.82, 2.24) is 24.2 Å². The zero-order chi connectivity index (χ0) is 27.6. The van der Waals surface area contributed by atoms with Gasteiger partial charge in [-0.05, 0) is 68.4 Å². The number of aromatic amines is 1. The Balaban J connectivity index is 1.28. The standard InChI is InChI=1S/C24H24ClN7O5S2/c25-19-6-8-21(38-19)39(36,37)30-23(34)28-16-4-7-20(27-14-16)32-22(33)17-5-3-15(13-18(17)29-24(32)35)26-9-12-31-10-1-2-11-31/h3-8,13-14,26H,1-2,9-12H2,(H,29,35)(H2,28,30,34). The molecule has 0 bridgehead atoms. The van der Waals surface area contributed by atoms with Gasteiger partial charge in [0.05, 0.1) is 27.1 Å². The minimum absolute atomic E-state index is 0.0303. The number of likely N-dealkylation sites (tertiary alicyclic amines) is 1. The van der Waals surface area contributed by atoms with Gasteiger partial charge < -0.3 is 20.5 Å². The number of benzene rings is 1. The van der Waals surface area contributed by atoms with Crippen LogP contribution in [0.15, 0.2) is 62.5 Å². The van der Waals surface area contributed by atoms with Crippen molar-refractivity contribution in [2.45, 2.75) is 17.1 Å². The van der Waals surface area contributed by atoms with Crippen LogP contribution in [-0.4, -0.2) is 60.1 Å². The number of hydrogen-bond donors (Lipinski definition) is 4. The monoisotopic (exact) mass is 589 g/mol. The number of pyridine rings is 1. The van der Waals surface area contributed by atoms with Crippen LogP contribution >= 0.6 is 22.9 Å². The molecule has 0 unspecified atom stereocenters. The molecule has 1 aliphatic heterocycles. The van der Waals surface area contributed by atoms with Gasteiger partial charge in [0, 0.05) is 18.8 Å². The van der Waals surface area contributed by atoms with E-state index in [9.17, 15) is 22.8 Å². The molecule has 0 saturated carbocycles. The average molecular weight is 590 g/mol. The minimum Gasteiger partial charge on any atom is -0.384 e. The van der Waals surface area contributed by atoms with Gasteiger partial charge >= 0.3 is 11.7 Å². The second kappa shape index (κ2) is 11.2. The summed E-state index contributed by atoms with van der Waals surface area (Å²) in [6.45, 7) is 3.90. The van der Waals surface area contributed by atoms with Crippen molar-refractivity contribution < 1.29 is 13.2 Å². The number of amides is 2. The van der Waals surface area contributed by atoms with Gasteiger partial charge in [-0.15, -0.1) is 11.3 Å². The Morgan fingerprint density at radius 1 is 1.08 bits per heavy atom. The van der Waals surface area contributed by atoms with E-state index in [1.165, 1.54) is 43.3 Å². The summed E-state index contributed by atoms with van der Waals surface area (Å²) in [5.74, 6) is 0.0303. The van der Waals surface area contributed by atoms with Gasteiger partial charge in [0.1, 0.15) is 10.0 Å².